The van der Waals surface area contributed by atoms with Crippen molar-refractivity contribution in [2.45, 2.75) is 12.3 Å². The molecule has 162 valence electrons. The maximum Gasteiger partial charge on any atom is 0.416 e. The van der Waals surface area contributed by atoms with Crippen LogP contribution >= 0.6 is 0 Å². The first kappa shape index (κ1) is 20.6. The van der Waals surface area contributed by atoms with Crippen molar-refractivity contribution in [1.82, 2.24) is 14.8 Å². The number of hydrogen-bond donors (Lipinski definition) is 1. The summed E-state index contributed by atoms with van der Waals surface area (Å²) < 4.78 is 59.2. The van der Waals surface area contributed by atoms with E-state index in [1.54, 1.807) is 36.3 Å². The molecule has 1 aromatic carbocycles. The van der Waals surface area contributed by atoms with Crippen LogP contribution in [0.15, 0.2) is 48.8 Å². The van der Waals surface area contributed by atoms with Crippen LogP contribution in [0.4, 0.5) is 29.2 Å². The standard InChI is InChI=1S/C20H17F4N5O2/c1-28-19(16(9-26-28)18(30)27-17-4-2-3-5-25-17)29-10-15(11-29)31-14-7-12(20(22,23)24)6-13(21)8-14/h2-9,15H,10-11H2,1H3,(H,25,27,30). The van der Waals surface area contributed by atoms with Crippen molar-refractivity contribution in [2.75, 3.05) is 23.3 Å². The molecule has 31 heavy (non-hydrogen) atoms. The number of carbonyl (C=O) groups is 1. The average Bonchev–Trinajstić information content (AvgIpc) is 3.05. The van der Waals surface area contributed by atoms with Crippen LogP contribution in [-0.4, -0.2) is 39.9 Å². The number of pyridine rings is 1. The third kappa shape index (κ3) is 4.44. The lowest BCUT2D eigenvalue weighted by atomic mass is 10.1. The van der Waals surface area contributed by atoms with Crippen molar-refractivity contribution in [3.8, 4) is 5.75 Å². The minimum absolute atomic E-state index is 0.199. The molecule has 0 radical (unpaired) electrons. The van der Waals surface area contributed by atoms with Gasteiger partial charge in [0.1, 0.15) is 34.9 Å². The number of amides is 1. The Labute approximate surface area is 174 Å². The zero-order valence-corrected chi connectivity index (χ0v) is 16.2. The number of carbonyl (C=O) groups excluding carboxylic acids is 1. The van der Waals surface area contributed by atoms with Gasteiger partial charge in [-0.15, -0.1) is 0 Å². The van der Waals surface area contributed by atoms with Gasteiger partial charge in [0.05, 0.1) is 24.8 Å². The highest BCUT2D eigenvalue weighted by atomic mass is 19.4. The molecule has 0 atom stereocenters. The summed E-state index contributed by atoms with van der Waals surface area (Å²) in [6.45, 7) is 0.586. The molecule has 2 aromatic heterocycles. The quantitative estimate of drug-likeness (QED) is 0.622. The van der Waals surface area contributed by atoms with Crippen LogP contribution in [0.25, 0.3) is 0 Å². The molecule has 0 unspecified atom stereocenters. The van der Waals surface area contributed by atoms with E-state index < -0.39 is 29.6 Å². The van der Waals surface area contributed by atoms with E-state index in [4.69, 9.17) is 4.74 Å². The van der Waals surface area contributed by atoms with Gasteiger partial charge in [-0.05, 0) is 24.3 Å². The molecule has 1 amide bonds. The van der Waals surface area contributed by atoms with Gasteiger partial charge in [-0.3, -0.25) is 9.48 Å². The van der Waals surface area contributed by atoms with E-state index in [1.807, 2.05) is 0 Å². The normalized spacial score (nSPS) is 14.3. The average molecular weight is 435 g/mol. The summed E-state index contributed by atoms with van der Waals surface area (Å²) >= 11 is 0. The summed E-state index contributed by atoms with van der Waals surface area (Å²) in [5.74, 6) is -0.704. The smallest absolute Gasteiger partial charge is 0.416 e. The zero-order valence-electron chi connectivity index (χ0n) is 16.2. The lowest BCUT2D eigenvalue weighted by Crippen LogP contribution is -2.55. The Morgan fingerprint density at radius 1 is 1.23 bits per heavy atom. The summed E-state index contributed by atoms with van der Waals surface area (Å²) in [6.07, 6.45) is -2.17. The fraction of sp³-hybridized carbons (Fsp3) is 0.250. The molecule has 0 spiro atoms. The molecule has 3 heterocycles. The molecule has 0 aliphatic carbocycles. The minimum Gasteiger partial charge on any atom is -0.487 e. The summed E-state index contributed by atoms with van der Waals surface area (Å²) in [5.41, 5.74) is -0.796. The topological polar surface area (TPSA) is 72.3 Å². The molecule has 1 saturated heterocycles. The van der Waals surface area contributed by atoms with Gasteiger partial charge >= 0.3 is 6.18 Å². The third-order valence-corrected chi connectivity index (χ3v) is 4.71. The number of nitrogens with zero attached hydrogens (tertiary/aromatic N) is 4. The van der Waals surface area contributed by atoms with Crippen molar-refractivity contribution < 1.29 is 27.1 Å². The molecule has 1 aliphatic heterocycles. The molecule has 1 fully saturated rings. The number of nitrogens with one attached hydrogen (secondary N) is 1. The molecule has 7 nitrogen and oxygen atoms in total. The second kappa shape index (κ2) is 7.89. The monoisotopic (exact) mass is 435 g/mol. The number of aromatic nitrogens is 3. The largest absolute Gasteiger partial charge is 0.487 e. The Kier molecular flexibility index (Phi) is 5.25. The SMILES string of the molecule is Cn1ncc(C(=O)Nc2ccccn2)c1N1CC(Oc2cc(F)cc(C(F)(F)F)c2)C1. The highest BCUT2D eigenvalue weighted by Gasteiger charge is 2.35. The number of benzene rings is 1. The predicted octanol–water partition coefficient (Wildman–Crippen LogP) is 3.49. The van der Waals surface area contributed by atoms with E-state index in [9.17, 15) is 22.4 Å². The summed E-state index contributed by atoms with van der Waals surface area (Å²) in [4.78, 5) is 18.5. The van der Waals surface area contributed by atoms with Crippen molar-refractivity contribution in [3.05, 3.63) is 65.7 Å². The second-order valence-corrected chi connectivity index (χ2v) is 6.99. The minimum atomic E-state index is -4.67. The van der Waals surface area contributed by atoms with Crippen LogP contribution in [0, 0.1) is 5.82 Å². The molecule has 11 heteroatoms. The van der Waals surface area contributed by atoms with Gasteiger partial charge in [-0.25, -0.2) is 9.37 Å². The first-order valence-electron chi connectivity index (χ1n) is 9.24. The Bertz CT molecular complexity index is 1090. The van der Waals surface area contributed by atoms with Gasteiger partial charge in [0.25, 0.3) is 5.91 Å². The number of ether oxygens (including phenoxy) is 1. The lowest BCUT2D eigenvalue weighted by Gasteiger charge is -2.40. The van der Waals surface area contributed by atoms with Crippen LogP contribution in [0.3, 0.4) is 0 Å². The maximum absolute atomic E-state index is 13.6. The number of halogens is 4. The van der Waals surface area contributed by atoms with E-state index in [0.29, 0.717) is 36.4 Å². The van der Waals surface area contributed by atoms with E-state index in [1.165, 1.54) is 10.9 Å². The fourth-order valence-corrected chi connectivity index (χ4v) is 3.26. The first-order valence-corrected chi connectivity index (χ1v) is 9.24. The molecular weight excluding hydrogens is 418 g/mol. The number of alkyl halides is 3. The molecule has 0 saturated carbocycles. The predicted molar refractivity (Wildman–Crippen MR) is 103 cm³/mol. The summed E-state index contributed by atoms with van der Waals surface area (Å²) in [6, 6.07) is 7.20. The van der Waals surface area contributed by atoms with Crippen LogP contribution in [0.1, 0.15) is 15.9 Å². The van der Waals surface area contributed by atoms with Crippen LogP contribution in [0.2, 0.25) is 0 Å². The highest BCUT2D eigenvalue weighted by molar-refractivity contribution is 6.07. The molecule has 3 aromatic rings. The number of anilines is 2. The molecule has 0 bridgehead atoms. The fourth-order valence-electron chi connectivity index (χ4n) is 3.26. The van der Waals surface area contributed by atoms with Crippen molar-refractivity contribution in [3.63, 3.8) is 0 Å². The Hall–Kier alpha value is -3.63. The lowest BCUT2D eigenvalue weighted by molar-refractivity contribution is -0.137. The van der Waals surface area contributed by atoms with Crippen LogP contribution < -0.4 is 15.0 Å². The van der Waals surface area contributed by atoms with Crippen molar-refractivity contribution in [1.29, 1.82) is 0 Å². The summed E-state index contributed by atoms with van der Waals surface area (Å²) in [7, 11) is 1.67. The van der Waals surface area contributed by atoms with E-state index >= 15 is 0 Å². The van der Waals surface area contributed by atoms with Gasteiger partial charge in [0, 0.05) is 19.3 Å². The second-order valence-electron chi connectivity index (χ2n) is 6.99. The van der Waals surface area contributed by atoms with E-state index in [-0.39, 0.29) is 5.75 Å². The Morgan fingerprint density at radius 3 is 2.68 bits per heavy atom. The Morgan fingerprint density at radius 2 is 2.00 bits per heavy atom. The molecule has 1 N–H and O–H groups in total. The van der Waals surface area contributed by atoms with Crippen molar-refractivity contribution >= 4 is 17.5 Å². The van der Waals surface area contributed by atoms with Crippen LogP contribution in [0.5, 0.6) is 5.75 Å². The molecule has 1 aliphatic rings. The highest BCUT2D eigenvalue weighted by Crippen LogP contribution is 2.34. The first-order chi connectivity index (χ1) is 14.7. The summed E-state index contributed by atoms with van der Waals surface area (Å²) in [5, 5.41) is 6.80. The maximum atomic E-state index is 13.6. The molecule has 4 rings (SSSR count). The number of aryl methyl sites for hydroxylation is 1. The van der Waals surface area contributed by atoms with Crippen molar-refractivity contribution in [2.24, 2.45) is 7.05 Å². The zero-order chi connectivity index (χ0) is 22.2. The third-order valence-electron chi connectivity index (χ3n) is 4.71. The van der Waals surface area contributed by atoms with Gasteiger partial charge in [0.15, 0.2) is 0 Å². The van der Waals surface area contributed by atoms with Gasteiger partial charge in [-0.2, -0.15) is 18.3 Å². The Balaban J connectivity index is 1.44. The van der Waals surface area contributed by atoms with Gasteiger partial charge in [0.2, 0.25) is 0 Å². The molecular formula is C20H17F4N5O2. The number of hydrogen-bond acceptors (Lipinski definition) is 5. The van der Waals surface area contributed by atoms with E-state index in [0.717, 1.165) is 12.1 Å². The number of rotatable bonds is 5. The van der Waals surface area contributed by atoms with Gasteiger partial charge < -0.3 is 15.0 Å². The van der Waals surface area contributed by atoms with Gasteiger partial charge in [-0.1, -0.05) is 6.07 Å². The van der Waals surface area contributed by atoms with E-state index in [2.05, 4.69) is 15.4 Å². The van der Waals surface area contributed by atoms with Crippen LogP contribution in [-0.2, 0) is 13.2 Å².